The van der Waals surface area contributed by atoms with E-state index in [0.29, 0.717) is 28.2 Å². The summed E-state index contributed by atoms with van der Waals surface area (Å²) in [6.07, 6.45) is 8.03. The molecule has 4 rings (SSSR count). The number of rotatable bonds is 3. The number of halogens is 1. The lowest BCUT2D eigenvalue weighted by atomic mass is 9.77. The highest BCUT2D eigenvalue weighted by molar-refractivity contribution is 8.04. The Kier molecular flexibility index (Phi) is 7.02. The number of hydrogen-bond acceptors (Lipinski definition) is 3. The first-order valence-corrected chi connectivity index (χ1v) is 12.8. The lowest BCUT2D eigenvalue weighted by Crippen LogP contribution is -2.53. The normalized spacial score (nSPS) is 35.0. The monoisotopic (exact) mass is 460 g/mol. The van der Waals surface area contributed by atoms with Gasteiger partial charge < -0.3 is 10.2 Å². The van der Waals surface area contributed by atoms with Crippen LogP contribution in [0.15, 0.2) is 29.2 Å². The first-order valence-electron chi connectivity index (χ1n) is 11.6. The lowest BCUT2D eigenvalue weighted by Gasteiger charge is -2.45. The van der Waals surface area contributed by atoms with Crippen LogP contribution in [0.2, 0.25) is 5.02 Å². The number of carbonyl (C=O) groups is 2. The van der Waals surface area contributed by atoms with E-state index in [1.54, 1.807) is 11.8 Å². The van der Waals surface area contributed by atoms with Crippen molar-refractivity contribution in [3.63, 3.8) is 0 Å². The van der Waals surface area contributed by atoms with Crippen LogP contribution in [0, 0.1) is 17.8 Å². The van der Waals surface area contributed by atoms with Gasteiger partial charge in [-0.3, -0.25) is 9.59 Å². The van der Waals surface area contributed by atoms with Gasteiger partial charge >= 0.3 is 0 Å². The van der Waals surface area contributed by atoms with Crippen molar-refractivity contribution < 1.29 is 9.59 Å². The Balaban J connectivity index is 1.42. The molecule has 168 valence electrons. The first kappa shape index (κ1) is 22.7. The number of carbonyl (C=O) groups excluding carboxylic acids is 2. The standard InChI is InChI=1S/C25H33ClN2O2S/c1-15-7-6-10-20(16(15)2)27-24(29)18-11-12-22-21(13-18)28(3)25(30)23(31-22)14-17-8-4-5-9-19(17)26/h4-5,8-9,14-16,18,20-22H,6-7,10-13H2,1-3H3,(H,27,29)/b23-14-. The second-order valence-corrected chi connectivity index (χ2v) is 11.3. The third kappa shape index (κ3) is 4.83. The zero-order chi connectivity index (χ0) is 22.1. The third-order valence-corrected chi connectivity index (χ3v) is 9.40. The van der Waals surface area contributed by atoms with Gasteiger partial charge in [0.25, 0.3) is 5.91 Å². The molecule has 0 aromatic heterocycles. The second-order valence-electron chi connectivity index (χ2n) is 9.56. The molecule has 1 N–H and O–H groups in total. The van der Waals surface area contributed by atoms with E-state index in [1.165, 1.54) is 12.8 Å². The molecule has 4 nitrogen and oxygen atoms in total. The number of hydrogen-bond donors (Lipinski definition) is 1. The molecule has 6 heteroatoms. The molecule has 3 aliphatic rings. The van der Waals surface area contributed by atoms with Gasteiger partial charge in [-0.25, -0.2) is 0 Å². The fourth-order valence-corrected chi connectivity index (χ4v) is 7.02. The lowest BCUT2D eigenvalue weighted by molar-refractivity contribution is -0.132. The molecule has 6 atom stereocenters. The van der Waals surface area contributed by atoms with Crippen molar-refractivity contribution in [2.75, 3.05) is 7.05 Å². The molecule has 0 radical (unpaired) electrons. The van der Waals surface area contributed by atoms with Gasteiger partial charge in [-0.2, -0.15) is 0 Å². The minimum atomic E-state index is -0.00405. The molecule has 2 amide bonds. The Bertz CT molecular complexity index is 873. The summed E-state index contributed by atoms with van der Waals surface area (Å²) < 4.78 is 0. The van der Waals surface area contributed by atoms with E-state index in [-0.39, 0.29) is 23.8 Å². The number of amides is 2. The maximum absolute atomic E-state index is 13.1. The van der Waals surface area contributed by atoms with Gasteiger partial charge in [-0.1, -0.05) is 56.5 Å². The molecule has 31 heavy (non-hydrogen) atoms. The molecule has 1 heterocycles. The smallest absolute Gasteiger partial charge is 0.260 e. The van der Waals surface area contributed by atoms with Crippen molar-refractivity contribution in [2.45, 2.75) is 69.7 Å². The summed E-state index contributed by atoms with van der Waals surface area (Å²) in [6.45, 7) is 4.56. The zero-order valence-electron chi connectivity index (χ0n) is 18.6. The van der Waals surface area contributed by atoms with Gasteiger partial charge in [0.05, 0.1) is 4.91 Å². The van der Waals surface area contributed by atoms with E-state index < -0.39 is 0 Å². The molecule has 0 spiro atoms. The summed E-state index contributed by atoms with van der Waals surface area (Å²) in [5.74, 6) is 1.41. The van der Waals surface area contributed by atoms with Crippen LogP contribution in [0.25, 0.3) is 6.08 Å². The molecule has 1 saturated heterocycles. The van der Waals surface area contributed by atoms with Crippen LogP contribution in [0.3, 0.4) is 0 Å². The van der Waals surface area contributed by atoms with Crippen LogP contribution in [-0.4, -0.2) is 41.1 Å². The van der Waals surface area contributed by atoms with Crippen LogP contribution < -0.4 is 5.32 Å². The Morgan fingerprint density at radius 1 is 1.19 bits per heavy atom. The number of fused-ring (bicyclic) bond motifs is 1. The molecule has 2 saturated carbocycles. The number of likely N-dealkylation sites (N-methyl/N-ethyl adjacent to an activating group) is 1. The topological polar surface area (TPSA) is 49.4 Å². The summed E-state index contributed by atoms with van der Waals surface area (Å²) in [5, 5.41) is 4.34. The van der Waals surface area contributed by atoms with E-state index in [9.17, 15) is 9.59 Å². The average molecular weight is 461 g/mol. The number of nitrogens with one attached hydrogen (secondary N) is 1. The Morgan fingerprint density at radius 3 is 2.74 bits per heavy atom. The van der Waals surface area contributed by atoms with E-state index in [2.05, 4.69) is 19.2 Å². The summed E-state index contributed by atoms with van der Waals surface area (Å²) in [4.78, 5) is 28.7. The predicted molar refractivity (Wildman–Crippen MR) is 129 cm³/mol. The maximum atomic E-state index is 13.1. The molecule has 0 bridgehead atoms. The van der Waals surface area contributed by atoms with Gasteiger partial charge in [0, 0.05) is 35.3 Å². The van der Waals surface area contributed by atoms with E-state index in [0.717, 1.165) is 36.2 Å². The minimum absolute atomic E-state index is 0.00405. The van der Waals surface area contributed by atoms with Crippen molar-refractivity contribution in [2.24, 2.45) is 17.8 Å². The van der Waals surface area contributed by atoms with E-state index >= 15 is 0 Å². The van der Waals surface area contributed by atoms with E-state index in [4.69, 9.17) is 11.6 Å². The SMILES string of the molecule is CC1CCCC(NC(=O)C2CCC3S/C(=C\c4ccccc4Cl)C(=O)N(C)C3C2)C1C. The van der Waals surface area contributed by atoms with Crippen molar-refractivity contribution in [3.05, 3.63) is 39.8 Å². The Labute approximate surface area is 195 Å². The molecule has 1 aromatic carbocycles. The largest absolute Gasteiger partial charge is 0.353 e. The van der Waals surface area contributed by atoms with Crippen LogP contribution in [0.5, 0.6) is 0 Å². The molecule has 6 unspecified atom stereocenters. The van der Waals surface area contributed by atoms with Crippen molar-refractivity contribution in [1.29, 1.82) is 0 Å². The van der Waals surface area contributed by atoms with Crippen LogP contribution in [0.4, 0.5) is 0 Å². The van der Waals surface area contributed by atoms with Crippen molar-refractivity contribution in [3.8, 4) is 0 Å². The minimum Gasteiger partial charge on any atom is -0.353 e. The number of thioether (sulfide) groups is 1. The van der Waals surface area contributed by atoms with Gasteiger partial charge in [0.15, 0.2) is 0 Å². The fourth-order valence-electron chi connectivity index (χ4n) is 5.36. The van der Waals surface area contributed by atoms with E-state index in [1.807, 2.05) is 42.3 Å². The average Bonchev–Trinajstić information content (AvgIpc) is 2.76. The number of nitrogens with zero attached hydrogens (tertiary/aromatic N) is 1. The Morgan fingerprint density at radius 2 is 1.97 bits per heavy atom. The highest BCUT2D eigenvalue weighted by atomic mass is 35.5. The third-order valence-electron chi connectivity index (χ3n) is 7.66. The van der Waals surface area contributed by atoms with Gasteiger partial charge in [0.2, 0.25) is 5.91 Å². The Hall–Kier alpha value is -1.46. The highest BCUT2D eigenvalue weighted by Gasteiger charge is 2.43. The molecule has 1 aliphatic heterocycles. The molecular weight excluding hydrogens is 428 g/mol. The maximum Gasteiger partial charge on any atom is 0.260 e. The molecular formula is C25H33ClN2O2S. The summed E-state index contributed by atoms with van der Waals surface area (Å²) in [5.41, 5.74) is 0.871. The summed E-state index contributed by atoms with van der Waals surface area (Å²) in [6, 6.07) is 8.00. The van der Waals surface area contributed by atoms with Crippen molar-refractivity contribution in [1.82, 2.24) is 10.2 Å². The first-order chi connectivity index (χ1) is 14.8. The molecule has 3 fully saturated rings. The summed E-state index contributed by atoms with van der Waals surface area (Å²) >= 11 is 7.96. The highest BCUT2D eigenvalue weighted by Crippen LogP contribution is 2.43. The predicted octanol–water partition coefficient (Wildman–Crippen LogP) is 5.36. The van der Waals surface area contributed by atoms with Crippen molar-refractivity contribution >= 4 is 41.3 Å². The summed E-state index contributed by atoms with van der Waals surface area (Å²) in [7, 11) is 1.88. The van der Waals surface area contributed by atoms with Gasteiger partial charge in [-0.05, 0) is 55.2 Å². The molecule has 1 aromatic rings. The van der Waals surface area contributed by atoms with Gasteiger partial charge in [0.1, 0.15) is 0 Å². The fraction of sp³-hybridized carbons (Fsp3) is 0.600. The van der Waals surface area contributed by atoms with Crippen LogP contribution in [-0.2, 0) is 9.59 Å². The molecule has 2 aliphatic carbocycles. The second kappa shape index (κ2) is 9.58. The van der Waals surface area contributed by atoms with Gasteiger partial charge in [-0.15, -0.1) is 11.8 Å². The van der Waals surface area contributed by atoms with Crippen LogP contribution >= 0.6 is 23.4 Å². The zero-order valence-corrected chi connectivity index (χ0v) is 20.2. The van der Waals surface area contributed by atoms with Crippen LogP contribution in [0.1, 0.15) is 57.9 Å². The number of benzene rings is 1. The quantitative estimate of drug-likeness (QED) is 0.617.